The zero-order chi connectivity index (χ0) is 22.1. The van der Waals surface area contributed by atoms with Crippen LogP contribution in [0.2, 0.25) is 5.02 Å². The second-order valence-corrected chi connectivity index (χ2v) is 9.67. The zero-order valence-electron chi connectivity index (χ0n) is 15.3. The molecule has 3 rings (SSSR count). The van der Waals surface area contributed by atoms with Gasteiger partial charge in [0.1, 0.15) is 9.79 Å². The number of rotatable bonds is 5. The van der Waals surface area contributed by atoms with Gasteiger partial charge in [-0.1, -0.05) is 11.6 Å². The number of nitrogens with one attached hydrogen (secondary N) is 1. The molecule has 1 aromatic heterocycles. The molecule has 5 N–H and O–H groups in total. The fourth-order valence-electron chi connectivity index (χ4n) is 2.68. The van der Waals surface area contributed by atoms with Crippen LogP contribution < -0.4 is 20.5 Å². The molecular formula is C15H17ClN6O6S2. The Morgan fingerprint density at radius 3 is 2.20 bits per heavy atom. The largest absolute Gasteiger partial charge is 0.378 e. The van der Waals surface area contributed by atoms with Crippen LogP contribution in [0.15, 0.2) is 34.1 Å². The lowest BCUT2D eigenvalue weighted by atomic mass is 10.3. The molecule has 2 heterocycles. The number of aromatic nitrogens is 2. The summed E-state index contributed by atoms with van der Waals surface area (Å²) in [6, 6.07) is 4.60. The third-order valence-corrected chi connectivity index (χ3v) is 6.44. The predicted octanol–water partition coefficient (Wildman–Crippen LogP) is -0.486. The molecule has 0 saturated carbocycles. The summed E-state index contributed by atoms with van der Waals surface area (Å²) < 4.78 is 52.2. The van der Waals surface area contributed by atoms with Crippen LogP contribution in [0.3, 0.4) is 0 Å². The molecule has 0 atom stereocenters. The third kappa shape index (κ3) is 5.03. The van der Waals surface area contributed by atoms with Crippen LogP contribution in [0.4, 0.5) is 11.5 Å². The van der Waals surface area contributed by atoms with Crippen molar-refractivity contribution in [1.82, 2.24) is 10.2 Å². The Morgan fingerprint density at radius 1 is 1.03 bits per heavy atom. The first kappa shape index (κ1) is 22.3. The van der Waals surface area contributed by atoms with Crippen LogP contribution in [0.1, 0.15) is 10.5 Å². The number of sulfonamides is 2. The lowest BCUT2D eigenvalue weighted by molar-refractivity contribution is 0.102. The van der Waals surface area contributed by atoms with Gasteiger partial charge >= 0.3 is 0 Å². The molecule has 0 radical (unpaired) electrons. The van der Waals surface area contributed by atoms with E-state index in [0.717, 1.165) is 6.07 Å². The Labute approximate surface area is 177 Å². The first-order valence-electron chi connectivity index (χ1n) is 8.34. The van der Waals surface area contributed by atoms with E-state index in [1.165, 1.54) is 6.07 Å². The number of nitrogens with two attached hydrogens (primary N) is 2. The van der Waals surface area contributed by atoms with E-state index in [4.69, 9.17) is 26.6 Å². The van der Waals surface area contributed by atoms with E-state index in [9.17, 15) is 21.6 Å². The molecule has 0 unspecified atom stereocenters. The number of benzene rings is 1. The lowest BCUT2D eigenvalue weighted by Crippen LogP contribution is -2.37. The first-order valence-corrected chi connectivity index (χ1v) is 11.8. The minimum absolute atomic E-state index is 0.112. The van der Waals surface area contributed by atoms with E-state index in [1.54, 1.807) is 6.07 Å². The molecule has 0 aliphatic carbocycles. The van der Waals surface area contributed by atoms with E-state index in [1.807, 2.05) is 4.90 Å². The monoisotopic (exact) mass is 476 g/mol. The van der Waals surface area contributed by atoms with Gasteiger partial charge in [0.15, 0.2) is 11.5 Å². The molecule has 1 aliphatic heterocycles. The molecule has 1 amide bonds. The fraction of sp³-hybridized carbons (Fsp3) is 0.267. The Morgan fingerprint density at radius 2 is 1.67 bits per heavy atom. The predicted molar refractivity (Wildman–Crippen MR) is 107 cm³/mol. The number of nitrogens with zero attached hydrogens (tertiary/aromatic N) is 3. The van der Waals surface area contributed by atoms with E-state index in [-0.39, 0.29) is 11.4 Å². The maximum atomic E-state index is 12.5. The topological polar surface area (TPSA) is 188 Å². The highest BCUT2D eigenvalue weighted by atomic mass is 35.5. The van der Waals surface area contributed by atoms with Gasteiger partial charge in [0.25, 0.3) is 5.91 Å². The number of primary sulfonamides is 2. The molecule has 1 aliphatic rings. The quantitative estimate of drug-likeness (QED) is 0.511. The van der Waals surface area contributed by atoms with Gasteiger partial charge in [-0.15, -0.1) is 10.2 Å². The van der Waals surface area contributed by atoms with Crippen LogP contribution in [0.25, 0.3) is 0 Å². The minimum atomic E-state index is -4.43. The summed E-state index contributed by atoms with van der Waals surface area (Å²) in [6.45, 7) is 2.37. The lowest BCUT2D eigenvalue weighted by Gasteiger charge is -2.27. The molecule has 0 bridgehead atoms. The van der Waals surface area contributed by atoms with Crippen LogP contribution in [0, 0.1) is 0 Å². The summed E-state index contributed by atoms with van der Waals surface area (Å²) in [6.07, 6.45) is 0. The van der Waals surface area contributed by atoms with Crippen molar-refractivity contribution in [2.24, 2.45) is 10.3 Å². The highest BCUT2D eigenvalue weighted by Crippen LogP contribution is 2.30. The Balaban J connectivity index is 1.90. The summed E-state index contributed by atoms with van der Waals surface area (Å²) in [5, 5.41) is 19.9. The summed E-state index contributed by atoms with van der Waals surface area (Å²) in [4.78, 5) is 13.1. The average Bonchev–Trinajstić information content (AvgIpc) is 2.67. The minimum Gasteiger partial charge on any atom is -0.378 e. The van der Waals surface area contributed by atoms with Gasteiger partial charge in [0.05, 0.1) is 23.9 Å². The molecule has 1 fully saturated rings. The van der Waals surface area contributed by atoms with Crippen molar-refractivity contribution in [1.29, 1.82) is 0 Å². The van der Waals surface area contributed by atoms with Crippen molar-refractivity contribution in [3.8, 4) is 0 Å². The first-order chi connectivity index (χ1) is 14.0. The van der Waals surface area contributed by atoms with Gasteiger partial charge in [-0.2, -0.15) is 0 Å². The van der Waals surface area contributed by atoms with Crippen molar-refractivity contribution in [2.45, 2.75) is 9.79 Å². The molecule has 162 valence electrons. The van der Waals surface area contributed by atoms with Crippen molar-refractivity contribution >= 4 is 49.1 Å². The number of hydrogen-bond acceptors (Lipinski definition) is 9. The number of carbonyl (C=O) groups is 1. The van der Waals surface area contributed by atoms with Gasteiger partial charge in [-0.3, -0.25) is 4.79 Å². The number of halogens is 1. The number of ether oxygens (including phenoxy) is 1. The van der Waals surface area contributed by atoms with E-state index >= 15 is 0 Å². The maximum absolute atomic E-state index is 12.5. The number of carbonyl (C=O) groups excluding carboxylic acids is 1. The average molecular weight is 477 g/mol. The Kier molecular flexibility index (Phi) is 6.26. The summed E-state index contributed by atoms with van der Waals surface area (Å²) in [5.41, 5.74) is -0.446. The zero-order valence-corrected chi connectivity index (χ0v) is 17.7. The van der Waals surface area contributed by atoms with Crippen molar-refractivity contribution in [3.63, 3.8) is 0 Å². The van der Waals surface area contributed by atoms with Gasteiger partial charge in [-0.05, 0) is 24.3 Å². The molecule has 1 saturated heterocycles. The highest BCUT2D eigenvalue weighted by Gasteiger charge is 2.24. The molecule has 15 heteroatoms. The molecule has 30 heavy (non-hydrogen) atoms. The third-order valence-electron chi connectivity index (χ3n) is 4.11. The normalized spacial score (nSPS) is 15.1. The summed E-state index contributed by atoms with van der Waals surface area (Å²) >= 11 is 5.88. The molecule has 0 spiro atoms. The molecular weight excluding hydrogens is 460 g/mol. The second-order valence-electron chi connectivity index (χ2n) is 6.20. The smallest absolute Gasteiger partial charge is 0.276 e. The Hall–Kier alpha value is -2.36. The molecule has 12 nitrogen and oxygen atoms in total. The van der Waals surface area contributed by atoms with Gasteiger partial charge in [-0.25, -0.2) is 27.1 Å². The highest BCUT2D eigenvalue weighted by molar-refractivity contribution is 7.90. The summed E-state index contributed by atoms with van der Waals surface area (Å²) in [5.74, 6) is -0.249. The van der Waals surface area contributed by atoms with Gasteiger partial charge in [0, 0.05) is 13.1 Å². The fourth-order valence-corrected chi connectivity index (χ4v) is 4.55. The number of morpholine rings is 1. The van der Waals surface area contributed by atoms with Gasteiger partial charge < -0.3 is 15.0 Å². The number of amides is 1. The van der Waals surface area contributed by atoms with E-state index in [0.29, 0.717) is 38.2 Å². The molecule has 1 aromatic carbocycles. The van der Waals surface area contributed by atoms with Crippen LogP contribution in [0.5, 0.6) is 0 Å². The SMILES string of the molecule is NS(=O)(=O)c1cc(S(N)(=O)=O)c(NC(=O)c2ccc(N3CCOCC3)nn2)cc1Cl. The van der Waals surface area contributed by atoms with E-state index in [2.05, 4.69) is 15.5 Å². The Bertz CT molecular complexity index is 1180. The van der Waals surface area contributed by atoms with Crippen molar-refractivity contribution in [3.05, 3.63) is 35.0 Å². The van der Waals surface area contributed by atoms with Gasteiger partial charge in [0.2, 0.25) is 20.0 Å². The van der Waals surface area contributed by atoms with Crippen molar-refractivity contribution < 1.29 is 26.4 Å². The standard InChI is InChI=1S/C15H17ClN6O6S2/c16-9-7-11(13(30(18,26)27)8-12(9)29(17,24)25)19-15(23)10-1-2-14(21-20-10)22-3-5-28-6-4-22/h1-2,7-8H,3-6H2,(H,19,23)(H2,17,24,25)(H2,18,26,27). The number of hydrogen-bond donors (Lipinski definition) is 3. The second kappa shape index (κ2) is 8.41. The van der Waals surface area contributed by atoms with E-state index < -0.39 is 40.8 Å². The van der Waals surface area contributed by atoms with Crippen LogP contribution in [-0.4, -0.2) is 59.2 Å². The van der Waals surface area contributed by atoms with Crippen LogP contribution in [-0.2, 0) is 24.8 Å². The summed E-state index contributed by atoms with van der Waals surface area (Å²) in [7, 11) is -8.76. The van der Waals surface area contributed by atoms with Crippen molar-refractivity contribution in [2.75, 3.05) is 36.5 Å². The van der Waals surface area contributed by atoms with Crippen LogP contribution >= 0.6 is 11.6 Å². The maximum Gasteiger partial charge on any atom is 0.276 e. The molecule has 2 aromatic rings. The number of anilines is 2.